The molecule has 10 heteroatoms. The van der Waals surface area contributed by atoms with Crippen LogP contribution in [-0.2, 0) is 16.1 Å². The number of benzene rings is 2. The molecule has 0 radical (unpaired) electrons. The highest BCUT2D eigenvalue weighted by atomic mass is 32.2. The third kappa shape index (κ3) is 6.27. The highest BCUT2D eigenvalue weighted by Gasteiger charge is 2.32. The van der Waals surface area contributed by atoms with Crippen molar-refractivity contribution in [2.75, 3.05) is 25.6 Å². The minimum absolute atomic E-state index is 0.186. The lowest BCUT2D eigenvalue weighted by atomic mass is 10.2. The molecule has 1 aliphatic rings. The summed E-state index contributed by atoms with van der Waals surface area (Å²) in [7, 11) is 1.56. The van der Waals surface area contributed by atoms with Crippen molar-refractivity contribution >= 4 is 51.9 Å². The fraction of sp³-hybridized carbons (Fsp3) is 0.192. The second kappa shape index (κ2) is 11.8. The lowest BCUT2D eigenvalue weighted by Crippen LogP contribution is -2.27. The molecule has 8 nitrogen and oxygen atoms in total. The summed E-state index contributed by atoms with van der Waals surface area (Å²) in [5, 5.41) is 2.77. The SMILES string of the molecule is CCOc1cc(/C=C2\SC(=S)N(Cc3ccco3)C2=O)ccc1OCC(=O)Nc1cccc(OC)c1. The second-order valence-corrected chi connectivity index (χ2v) is 9.23. The zero-order valence-electron chi connectivity index (χ0n) is 19.7. The molecule has 1 fully saturated rings. The molecule has 0 spiro atoms. The first-order chi connectivity index (χ1) is 17.5. The van der Waals surface area contributed by atoms with Gasteiger partial charge < -0.3 is 23.9 Å². The van der Waals surface area contributed by atoms with E-state index in [1.54, 1.807) is 74.0 Å². The van der Waals surface area contributed by atoms with Crippen LogP contribution < -0.4 is 19.5 Å². The Kier molecular flexibility index (Phi) is 8.29. The largest absolute Gasteiger partial charge is 0.497 e. The number of thioether (sulfide) groups is 1. The Morgan fingerprint density at radius 2 is 2.00 bits per heavy atom. The molecule has 1 saturated heterocycles. The first-order valence-electron chi connectivity index (χ1n) is 11.1. The number of hydrogen-bond donors (Lipinski definition) is 1. The van der Waals surface area contributed by atoms with E-state index >= 15 is 0 Å². The van der Waals surface area contributed by atoms with Crippen molar-refractivity contribution in [3.63, 3.8) is 0 Å². The van der Waals surface area contributed by atoms with Gasteiger partial charge in [-0.1, -0.05) is 36.1 Å². The zero-order chi connectivity index (χ0) is 25.5. The summed E-state index contributed by atoms with van der Waals surface area (Å²) >= 11 is 6.62. The maximum atomic E-state index is 12.9. The van der Waals surface area contributed by atoms with Crippen molar-refractivity contribution in [2.24, 2.45) is 0 Å². The van der Waals surface area contributed by atoms with Crippen molar-refractivity contribution in [2.45, 2.75) is 13.5 Å². The van der Waals surface area contributed by atoms with Crippen LogP contribution in [0.3, 0.4) is 0 Å². The normalized spacial score (nSPS) is 14.3. The molecule has 3 aromatic rings. The highest BCUT2D eigenvalue weighted by Crippen LogP contribution is 2.35. The number of methoxy groups -OCH3 is 1. The third-order valence-corrected chi connectivity index (χ3v) is 6.42. The van der Waals surface area contributed by atoms with Crippen molar-refractivity contribution in [3.8, 4) is 17.2 Å². The fourth-order valence-electron chi connectivity index (χ4n) is 3.39. The molecule has 2 aromatic carbocycles. The summed E-state index contributed by atoms with van der Waals surface area (Å²) in [5.41, 5.74) is 1.35. The van der Waals surface area contributed by atoms with E-state index in [0.29, 0.717) is 44.5 Å². The average Bonchev–Trinajstić information content (AvgIpc) is 3.48. The van der Waals surface area contributed by atoms with Crippen LogP contribution in [0.2, 0.25) is 0 Å². The summed E-state index contributed by atoms with van der Waals surface area (Å²) < 4.78 is 22.4. The van der Waals surface area contributed by atoms with Crippen LogP contribution in [0.1, 0.15) is 18.2 Å². The van der Waals surface area contributed by atoms with Crippen molar-refractivity contribution in [1.29, 1.82) is 0 Å². The summed E-state index contributed by atoms with van der Waals surface area (Å²) in [4.78, 5) is 27.3. The van der Waals surface area contributed by atoms with Gasteiger partial charge in [-0.15, -0.1) is 0 Å². The van der Waals surface area contributed by atoms with E-state index in [0.717, 1.165) is 5.56 Å². The smallest absolute Gasteiger partial charge is 0.266 e. The standard InChI is InChI=1S/C26H24N2O6S2/c1-3-32-22-12-17(13-23-25(30)28(26(35)36-23)15-20-8-5-11-33-20)9-10-21(22)34-16-24(29)27-18-6-4-7-19(14-18)31-2/h4-14H,3,15-16H2,1-2H3,(H,27,29)/b23-13-. The van der Waals surface area contributed by atoms with E-state index in [4.69, 9.17) is 30.8 Å². The van der Waals surface area contributed by atoms with Gasteiger partial charge in [0.05, 0.1) is 31.4 Å². The summed E-state index contributed by atoms with van der Waals surface area (Å²) in [6.07, 6.45) is 3.31. The molecule has 186 valence electrons. The molecule has 0 saturated carbocycles. The number of nitrogens with one attached hydrogen (secondary N) is 1. The van der Waals surface area contributed by atoms with E-state index in [1.807, 2.05) is 6.92 Å². The van der Waals surface area contributed by atoms with Crippen LogP contribution in [-0.4, -0.2) is 41.4 Å². The maximum absolute atomic E-state index is 12.9. The monoisotopic (exact) mass is 524 g/mol. The summed E-state index contributed by atoms with van der Waals surface area (Å²) in [6, 6.07) is 15.9. The maximum Gasteiger partial charge on any atom is 0.266 e. The van der Waals surface area contributed by atoms with Crippen LogP contribution in [0.5, 0.6) is 17.2 Å². The number of nitrogens with zero attached hydrogens (tertiary/aromatic N) is 1. The van der Waals surface area contributed by atoms with E-state index in [2.05, 4.69) is 5.32 Å². The first kappa shape index (κ1) is 25.3. The lowest BCUT2D eigenvalue weighted by Gasteiger charge is -2.13. The molecule has 36 heavy (non-hydrogen) atoms. The van der Waals surface area contributed by atoms with Crippen molar-refractivity contribution < 1.29 is 28.2 Å². The van der Waals surface area contributed by atoms with Crippen LogP contribution in [0, 0.1) is 0 Å². The molecular formula is C26H24N2O6S2. The highest BCUT2D eigenvalue weighted by molar-refractivity contribution is 8.26. The van der Waals surface area contributed by atoms with Gasteiger partial charge in [-0.2, -0.15) is 0 Å². The van der Waals surface area contributed by atoms with Crippen LogP contribution >= 0.6 is 24.0 Å². The molecule has 0 atom stereocenters. The molecule has 0 aliphatic carbocycles. The quantitative estimate of drug-likeness (QED) is 0.289. The minimum atomic E-state index is -0.324. The topological polar surface area (TPSA) is 90.2 Å². The number of hydrogen-bond acceptors (Lipinski definition) is 8. The van der Waals surface area contributed by atoms with Gasteiger partial charge in [0.15, 0.2) is 18.1 Å². The fourth-order valence-corrected chi connectivity index (χ4v) is 4.64. The van der Waals surface area contributed by atoms with E-state index < -0.39 is 0 Å². The lowest BCUT2D eigenvalue weighted by molar-refractivity contribution is -0.122. The van der Waals surface area contributed by atoms with Gasteiger partial charge in [-0.3, -0.25) is 14.5 Å². The number of ether oxygens (including phenoxy) is 3. The predicted octanol–water partition coefficient (Wildman–Crippen LogP) is 5.11. The van der Waals surface area contributed by atoms with Crippen LogP contribution in [0.4, 0.5) is 5.69 Å². The van der Waals surface area contributed by atoms with Crippen molar-refractivity contribution in [3.05, 3.63) is 77.1 Å². The minimum Gasteiger partial charge on any atom is -0.497 e. The first-order valence-corrected chi connectivity index (χ1v) is 12.3. The molecule has 1 aliphatic heterocycles. The van der Waals surface area contributed by atoms with Gasteiger partial charge in [0.25, 0.3) is 11.8 Å². The van der Waals surface area contributed by atoms with E-state index in [1.165, 1.54) is 16.7 Å². The molecule has 1 N–H and O–H groups in total. The zero-order valence-corrected chi connectivity index (χ0v) is 21.3. The number of amides is 2. The van der Waals surface area contributed by atoms with Crippen molar-refractivity contribution in [1.82, 2.24) is 4.90 Å². The van der Waals surface area contributed by atoms with Gasteiger partial charge in [0, 0.05) is 11.8 Å². The molecule has 0 bridgehead atoms. The second-order valence-electron chi connectivity index (χ2n) is 7.56. The number of carbonyl (C=O) groups is 2. The molecule has 4 rings (SSSR count). The molecule has 0 unspecified atom stereocenters. The number of thiocarbonyl (C=S) groups is 1. The molecule has 2 heterocycles. The molecule has 2 amide bonds. The van der Waals surface area contributed by atoms with Crippen LogP contribution in [0.25, 0.3) is 6.08 Å². The summed E-state index contributed by atoms with van der Waals surface area (Å²) in [6.45, 7) is 2.33. The molecule has 1 aromatic heterocycles. The Balaban J connectivity index is 1.43. The number of furan rings is 1. The van der Waals surface area contributed by atoms with Crippen LogP contribution in [0.15, 0.2) is 70.2 Å². The predicted molar refractivity (Wildman–Crippen MR) is 142 cm³/mol. The Bertz CT molecular complexity index is 1290. The Hall–Kier alpha value is -3.76. The number of rotatable bonds is 10. The van der Waals surface area contributed by atoms with Gasteiger partial charge in [-0.25, -0.2) is 0 Å². The third-order valence-electron chi connectivity index (χ3n) is 5.05. The Labute approximate surface area is 218 Å². The van der Waals surface area contributed by atoms with E-state index in [-0.39, 0.29) is 25.0 Å². The van der Waals surface area contributed by atoms with E-state index in [9.17, 15) is 9.59 Å². The summed E-state index contributed by atoms with van der Waals surface area (Å²) in [5.74, 6) is 1.67. The Morgan fingerprint density at radius 3 is 2.75 bits per heavy atom. The number of carbonyl (C=O) groups excluding carboxylic acids is 2. The van der Waals surface area contributed by atoms with Gasteiger partial charge in [0.1, 0.15) is 15.8 Å². The Morgan fingerprint density at radius 1 is 1.14 bits per heavy atom. The van der Waals surface area contributed by atoms with Gasteiger partial charge in [-0.05, 0) is 55.0 Å². The van der Waals surface area contributed by atoms with Gasteiger partial charge >= 0.3 is 0 Å². The molecular weight excluding hydrogens is 500 g/mol. The average molecular weight is 525 g/mol. The van der Waals surface area contributed by atoms with Gasteiger partial charge in [0.2, 0.25) is 0 Å². The number of anilines is 1.